The number of methoxy groups -OCH3 is 1. The van der Waals surface area contributed by atoms with Gasteiger partial charge in [-0.3, -0.25) is 4.68 Å². The molecular weight excluding hydrogens is 346 g/mol. The molecule has 2 aromatic rings. The summed E-state index contributed by atoms with van der Waals surface area (Å²) in [6.07, 6.45) is 1.84. The lowest BCUT2D eigenvalue weighted by molar-refractivity contribution is 0.122. The fourth-order valence-corrected chi connectivity index (χ4v) is 3.23. The van der Waals surface area contributed by atoms with Gasteiger partial charge in [0.2, 0.25) is 5.88 Å². The van der Waals surface area contributed by atoms with E-state index in [1.807, 2.05) is 30.1 Å². The largest absolute Gasteiger partial charge is 0.475 e. The summed E-state index contributed by atoms with van der Waals surface area (Å²) in [5, 5.41) is 8.13. The first-order valence-electron chi connectivity index (χ1n) is 9.31. The zero-order valence-electron chi connectivity index (χ0n) is 16.4. The lowest BCUT2D eigenvalue weighted by atomic mass is 10.2. The molecular formula is C19H29N5O3. The van der Waals surface area contributed by atoms with Crippen molar-refractivity contribution in [2.24, 2.45) is 7.05 Å². The van der Waals surface area contributed by atoms with Crippen LogP contribution in [0.1, 0.15) is 16.8 Å². The fraction of sp³-hybridized carbons (Fsp3) is 0.579. The maximum Gasteiger partial charge on any atom is 0.213 e. The Morgan fingerprint density at radius 3 is 2.70 bits per heavy atom. The Morgan fingerprint density at radius 2 is 2.00 bits per heavy atom. The number of aromatic nitrogens is 3. The molecule has 0 saturated carbocycles. The summed E-state index contributed by atoms with van der Waals surface area (Å²) >= 11 is 0. The van der Waals surface area contributed by atoms with Crippen molar-refractivity contribution in [2.75, 3.05) is 51.5 Å². The number of rotatable bonds is 9. The van der Waals surface area contributed by atoms with Gasteiger partial charge in [-0.15, -0.1) is 0 Å². The van der Waals surface area contributed by atoms with Gasteiger partial charge < -0.3 is 24.4 Å². The first-order valence-corrected chi connectivity index (χ1v) is 9.31. The second kappa shape index (κ2) is 9.68. The van der Waals surface area contributed by atoms with E-state index in [1.54, 1.807) is 7.11 Å². The van der Waals surface area contributed by atoms with Crippen molar-refractivity contribution in [1.29, 1.82) is 0 Å². The Kier molecular flexibility index (Phi) is 7.03. The zero-order valence-corrected chi connectivity index (χ0v) is 16.4. The molecule has 1 aliphatic heterocycles. The molecule has 8 heteroatoms. The summed E-state index contributed by atoms with van der Waals surface area (Å²) in [7, 11) is 3.66. The zero-order chi connectivity index (χ0) is 19.1. The molecule has 3 heterocycles. The Bertz CT molecular complexity index is 711. The standard InChI is InChI=1S/C19H29N5O3/c1-15-17(19(23(2)22-15)24-6-8-26-9-7-24)14-20-12-16-4-5-18(21-13-16)27-11-10-25-3/h4-5,13,20H,6-12,14H2,1-3H3. The van der Waals surface area contributed by atoms with Gasteiger partial charge in [0, 0.05) is 58.2 Å². The highest BCUT2D eigenvalue weighted by atomic mass is 16.5. The van der Waals surface area contributed by atoms with E-state index < -0.39 is 0 Å². The maximum atomic E-state index is 5.49. The molecule has 27 heavy (non-hydrogen) atoms. The van der Waals surface area contributed by atoms with Crippen LogP contribution in [-0.2, 0) is 29.6 Å². The average Bonchev–Trinajstić information content (AvgIpc) is 2.97. The third kappa shape index (κ3) is 5.18. The number of nitrogens with zero attached hydrogens (tertiary/aromatic N) is 4. The maximum absolute atomic E-state index is 5.49. The van der Waals surface area contributed by atoms with Crippen LogP contribution in [0.25, 0.3) is 0 Å². The van der Waals surface area contributed by atoms with E-state index in [2.05, 4.69) is 27.2 Å². The van der Waals surface area contributed by atoms with Gasteiger partial charge in [-0.2, -0.15) is 5.10 Å². The summed E-state index contributed by atoms with van der Waals surface area (Å²) < 4.78 is 17.9. The van der Waals surface area contributed by atoms with E-state index in [0.29, 0.717) is 19.1 Å². The average molecular weight is 375 g/mol. The van der Waals surface area contributed by atoms with Crippen molar-refractivity contribution in [3.63, 3.8) is 0 Å². The quantitative estimate of drug-likeness (QED) is 0.662. The molecule has 0 aliphatic carbocycles. The number of anilines is 1. The van der Waals surface area contributed by atoms with Crippen LogP contribution in [0.4, 0.5) is 5.82 Å². The van der Waals surface area contributed by atoms with Crippen LogP contribution < -0.4 is 15.0 Å². The van der Waals surface area contributed by atoms with E-state index in [-0.39, 0.29) is 0 Å². The van der Waals surface area contributed by atoms with Gasteiger partial charge in [0.05, 0.1) is 25.5 Å². The molecule has 1 aliphatic rings. The summed E-state index contributed by atoms with van der Waals surface area (Å²) in [6.45, 7) is 7.96. The first-order chi connectivity index (χ1) is 13.2. The van der Waals surface area contributed by atoms with Crippen molar-refractivity contribution in [3.8, 4) is 5.88 Å². The Morgan fingerprint density at radius 1 is 1.19 bits per heavy atom. The fourth-order valence-electron chi connectivity index (χ4n) is 3.23. The molecule has 148 valence electrons. The third-order valence-corrected chi connectivity index (χ3v) is 4.59. The molecule has 0 aromatic carbocycles. The highest BCUT2D eigenvalue weighted by Crippen LogP contribution is 2.24. The van der Waals surface area contributed by atoms with E-state index in [4.69, 9.17) is 14.2 Å². The van der Waals surface area contributed by atoms with Gasteiger partial charge in [0.15, 0.2) is 0 Å². The van der Waals surface area contributed by atoms with Gasteiger partial charge in [-0.25, -0.2) is 4.98 Å². The van der Waals surface area contributed by atoms with Crippen molar-refractivity contribution < 1.29 is 14.2 Å². The van der Waals surface area contributed by atoms with E-state index in [1.165, 1.54) is 11.4 Å². The van der Waals surface area contributed by atoms with E-state index in [9.17, 15) is 0 Å². The lowest BCUT2D eigenvalue weighted by Crippen LogP contribution is -2.38. The summed E-state index contributed by atoms with van der Waals surface area (Å²) in [5.41, 5.74) is 3.42. The highest BCUT2D eigenvalue weighted by molar-refractivity contribution is 5.50. The number of aryl methyl sites for hydroxylation is 2. The molecule has 0 spiro atoms. The van der Waals surface area contributed by atoms with Crippen LogP contribution in [0.15, 0.2) is 18.3 Å². The molecule has 0 amide bonds. The minimum absolute atomic E-state index is 0.506. The number of nitrogens with one attached hydrogen (secondary N) is 1. The molecule has 0 unspecified atom stereocenters. The van der Waals surface area contributed by atoms with Crippen molar-refractivity contribution in [2.45, 2.75) is 20.0 Å². The molecule has 8 nitrogen and oxygen atoms in total. The van der Waals surface area contributed by atoms with Crippen LogP contribution in [-0.4, -0.2) is 61.4 Å². The van der Waals surface area contributed by atoms with Gasteiger partial charge in [0.1, 0.15) is 12.4 Å². The van der Waals surface area contributed by atoms with Gasteiger partial charge in [-0.1, -0.05) is 6.07 Å². The van der Waals surface area contributed by atoms with Crippen LogP contribution in [0.2, 0.25) is 0 Å². The normalized spacial score (nSPS) is 14.6. The Labute approximate surface area is 160 Å². The number of pyridine rings is 1. The van der Waals surface area contributed by atoms with Gasteiger partial charge in [0.25, 0.3) is 0 Å². The molecule has 1 saturated heterocycles. The highest BCUT2D eigenvalue weighted by Gasteiger charge is 2.21. The number of ether oxygens (including phenoxy) is 3. The van der Waals surface area contributed by atoms with Crippen LogP contribution in [0, 0.1) is 6.92 Å². The number of hydrogen-bond donors (Lipinski definition) is 1. The molecule has 0 atom stereocenters. The minimum atomic E-state index is 0.506. The Balaban J connectivity index is 1.56. The summed E-state index contributed by atoms with van der Waals surface area (Å²) in [4.78, 5) is 6.69. The lowest BCUT2D eigenvalue weighted by Gasteiger charge is -2.29. The van der Waals surface area contributed by atoms with Crippen molar-refractivity contribution >= 4 is 5.82 Å². The van der Waals surface area contributed by atoms with Crippen LogP contribution in [0.5, 0.6) is 5.88 Å². The topological polar surface area (TPSA) is 73.7 Å². The monoisotopic (exact) mass is 375 g/mol. The van der Waals surface area contributed by atoms with Crippen LogP contribution >= 0.6 is 0 Å². The molecule has 0 bridgehead atoms. The Hall–Kier alpha value is -2.16. The second-order valence-corrected chi connectivity index (χ2v) is 6.56. The number of morpholine rings is 1. The SMILES string of the molecule is COCCOc1ccc(CNCc2c(C)nn(C)c2N2CCOCC2)cn1. The predicted molar refractivity (Wildman–Crippen MR) is 103 cm³/mol. The van der Waals surface area contributed by atoms with Crippen molar-refractivity contribution in [1.82, 2.24) is 20.1 Å². The minimum Gasteiger partial charge on any atom is -0.475 e. The third-order valence-electron chi connectivity index (χ3n) is 4.59. The molecule has 3 rings (SSSR count). The van der Waals surface area contributed by atoms with E-state index >= 15 is 0 Å². The van der Waals surface area contributed by atoms with E-state index in [0.717, 1.165) is 50.7 Å². The van der Waals surface area contributed by atoms with Gasteiger partial charge in [-0.05, 0) is 12.5 Å². The molecule has 2 aromatic heterocycles. The van der Waals surface area contributed by atoms with Crippen LogP contribution in [0.3, 0.4) is 0 Å². The predicted octanol–water partition coefficient (Wildman–Crippen LogP) is 1.28. The smallest absolute Gasteiger partial charge is 0.213 e. The molecule has 1 fully saturated rings. The molecule has 1 N–H and O–H groups in total. The van der Waals surface area contributed by atoms with Gasteiger partial charge >= 0.3 is 0 Å². The first kappa shape index (κ1) is 19.6. The summed E-state index contributed by atoms with van der Waals surface area (Å²) in [6, 6.07) is 3.92. The second-order valence-electron chi connectivity index (χ2n) is 6.56. The van der Waals surface area contributed by atoms with Crippen molar-refractivity contribution in [3.05, 3.63) is 35.2 Å². The molecule has 0 radical (unpaired) electrons. The number of hydrogen-bond acceptors (Lipinski definition) is 7. The summed E-state index contributed by atoms with van der Waals surface area (Å²) in [5.74, 6) is 1.80.